The summed E-state index contributed by atoms with van der Waals surface area (Å²) in [6, 6.07) is 6.56. The minimum atomic E-state index is -0.399. The molecule has 88 valence electrons. The van der Waals surface area contributed by atoms with E-state index in [0.717, 1.165) is 11.1 Å². The quantitative estimate of drug-likeness (QED) is 0.816. The first kappa shape index (κ1) is 11.4. The van der Waals surface area contributed by atoms with E-state index in [4.69, 9.17) is 9.47 Å². The fraction of sp³-hybridized carbons (Fsp3) is 0.154. The molecule has 2 aromatic rings. The van der Waals surface area contributed by atoms with Crippen LogP contribution in [0.15, 0.2) is 36.7 Å². The topological polar surface area (TPSA) is 31.4 Å². The lowest BCUT2D eigenvalue weighted by Gasteiger charge is -2.09. The fourth-order valence-corrected chi connectivity index (χ4v) is 1.62. The Balaban J connectivity index is 2.49. The molecule has 2 rings (SSSR count). The second-order valence-corrected chi connectivity index (χ2v) is 3.43. The van der Waals surface area contributed by atoms with Crippen molar-refractivity contribution >= 4 is 0 Å². The zero-order valence-corrected chi connectivity index (χ0v) is 9.61. The summed E-state index contributed by atoms with van der Waals surface area (Å²) < 4.78 is 23.6. The van der Waals surface area contributed by atoms with E-state index >= 15 is 0 Å². The number of ether oxygens (including phenoxy) is 2. The van der Waals surface area contributed by atoms with Gasteiger partial charge in [-0.2, -0.15) is 0 Å². The van der Waals surface area contributed by atoms with E-state index in [9.17, 15) is 4.39 Å². The molecule has 0 fully saturated rings. The number of halogens is 1. The predicted molar refractivity (Wildman–Crippen MR) is 62.7 cm³/mol. The summed E-state index contributed by atoms with van der Waals surface area (Å²) in [5.74, 6) is 0.433. The largest absolute Gasteiger partial charge is 0.494 e. The number of rotatable bonds is 3. The molecule has 0 amide bonds. The van der Waals surface area contributed by atoms with Crippen LogP contribution in [0.3, 0.4) is 0 Å². The summed E-state index contributed by atoms with van der Waals surface area (Å²) in [6.45, 7) is 0. The lowest BCUT2D eigenvalue weighted by Crippen LogP contribution is -1.91. The van der Waals surface area contributed by atoms with Gasteiger partial charge in [-0.05, 0) is 23.8 Å². The lowest BCUT2D eigenvalue weighted by atomic mass is 10.1. The second kappa shape index (κ2) is 4.82. The average Bonchev–Trinajstić information content (AvgIpc) is 2.38. The Bertz CT molecular complexity index is 529. The van der Waals surface area contributed by atoms with Crippen LogP contribution in [0, 0.1) is 5.82 Å². The van der Waals surface area contributed by atoms with Gasteiger partial charge in [-0.1, -0.05) is 6.07 Å². The first-order valence-corrected chi connectivity index (χ1v) is 5.08. The van der Waals surface area contributed by atoms with Crippen molar-refractivity contribution in [2.75, 3.05) is 14.2 Å². The van der Waals surface area contributed by atoms with E-state index < -0.39 is 5.82 Å². The van der Waals surface area contributed by atoms with E-state index in [2.05, 4.69) is 4.98 Å². The molecule has 0 aliphatic rings. The van der Waals surface area contributed by atoms with Crippen molar-refractivity contribution in [1.29, 1.82) is 0 Å². The van der Waals surface area contributed by atoms with Crippen LogP contribution in [0.1, 0.15) is 0 Å². The molecule has 4 heteroatoms. The van der Waals surface area contributed by atoms with Crippen molar-refractivity contribution < 1.29 is 13.9 Å². The Morgan fingerprint density at radius 2 is 1.82 bits per heavy atom. The summed E-state index contributed by atoms with van der Waals surface area (Å²) in [4.78, 5) is 3.95. The first-order valence-electron chi connectivity index (χ1n) is 5.08. The third-order valence-corrected chi connectivity index (χ3v) is 2.47. The molecule has 0 atom stereocenters. The second-order valence-electron chi connectivity index (χ2n) is 3.43. The number of hydrogen-bond donors (Lipinski definition) is 0. The van der Waals surface area contributed by atoms with Gasteiger partial charge in [0.15, 0.2) is 11.6 Å². The maximum Gasteiger partial charge on any atom is 0.165 e. The molecule has 0 saturated heterocycles. The van der Waals surface area contributed by atoms with E-state index in [1.807, 2.05) is 0 Å². The number of aromatic nitrogens is 1. The molecule has 0 radical (unpaired) electrons. The highest BCUT2D eigenvalue weighted by Gasteiger charge is 2.09. The Morgan fingerprint density at radius 3 is 2.47 bits per heavy atom. The van der Waals surface area contributed by atoms with Crippen LogP contribution in [0.2, 0.25) is 0 Å². The molecule has 17 heavy (non-hydrogen) atoms. The van der Waals surface area contributed by atoms with E-state index in [-0.39, 0.29) is 5.75 Å². The van der Waals surface area contributed by atoms with E-state index in [0.29, 0.717) is 5.75 Å². The number of pyridine rings is 1. The molecule has 0 aliphatic carbocycles. The third-order valence-electron chi connectivity index (χ3n) is 2.47. The average molecular weight is 233 g/mol. The summed E-state index contributed by atoms with van der Waals surface area (Å²) >= 11 is 0. The summed E-state index contributed by atoms with van der Waals surface area (Å²) in [6.07, 6.45) is 3.23. The molecule has 0 N–H and O–H groups in total. The van der Waals surface area contributed by atoms with Gasteiger partial charge in [-0.15, -0.1) is 0 Å². The number of benzene rings is 1. The summed E-state index contributed by atoms with van der Waals surface area (Å²) in [5.41, 5.74) is 1.52. The van der Waals surface area contributed by atoms with E-state index in [1.54, 1.807) is 37.7 Å². The minimum absolute atomic E-state index is 0.224. The first-order chi connectivity index (χ1) is 8.26. The molecular formula is C13H12FNO2. The monoisotopic (exact) mass is 233 g/mol. The minimum Gasteiger partial charge on any atom is -0.494 e. The molecule has 1 heterocycles. The molecule has 1 aromatic heterocycles. The maximum atomic E-state index is 13.6. The van der Waals surface area contributed by atoms with Crippen molar-refractivity contribution in [3.05, 3.63) is 42.5 Å². The Hall–Kier alpha value is -2.10. The van der Waals surface area contributed by atoms with Crippen LogP contribution < -0.4 is 9.47 Å². The van der Waals surface area contributed by atoms with Gasteiger partial charge in [-0.25, -0.2) is 4.39 Å². The van der Waals surface area contributed by atoms with Crippen molar-refractivity contribution in [2.45, 2.75) is 0 Å². The molecule has 0 aliphatic heterocycles. The van der Waals surface area contributed by atoms with Gasteiger partial charge >= 0.3 is 0 Å². The summed E-state index contributed by atoms with van der Waals surface area (Å²) in [7, 11) is 2.99. The van der Waals surface area contributed by atoms with Gasteiger partial charge in [0.2, 0.25) is 0 Å². The normalized spacial score (nSPS) is 10.1. The van der Waals surface area contributed by atoms with Crippen LogP contribution in [0.4, 0.5) is 4.39 Å². The third kappa shape index (κ3) is 2.20. The Kier molecular flexibility index (Phi) is 3.23. The van der Waals surface area contributed by atoms with Gasteiger partial charge in [0, 0.05) is 11.8 Å². The highest BCUT2D eigenvalue weighted by atomic mass is 19.1. The lowest BCUT2D eigenvalue weighted by molar-refractivity contribution is 0.386. The zero-order valence-electron chi connectivity index (χ0n) is 9.61. The molecule has 0 spiro atoms. The van der Waals surface area contributed by atoms with Crippen LogP contribution in [0.5, 0.6) is 11.5 Å². The summed E-state index contributed by atoms with van der Waals surface area (Å²) in [5, 5.41) is 0. The standard InChI is InChI=1S/C13H12FNO2/c1-16-12-4-3-9(7-11(12)14)10-5-6-15-8-13(10)17-2/h3-8H,1-2H3. The van der Waals surface area contributed by atoms with Gasteiger partial charge in [-0.3, -0.25) is 4.98 Å². The van der Waals surface area contributed by atoms with Crippen LogP contribution in [0.25, 0.3) is 11.1 Å². The Morgan fingerprint density at radius 1 is 1.06 bits per heavy atom. The highest BCUT2D eigenvalue weighted by molar-refractivity contribution is 5.70. The maximum absolute atomic E-state index is 13.6. The van der Waals surface area contributed by atoms with Gasteiger partial charge < -0.3 is 9.47 Å². The molecule has 0 bridgehead atoms. The predicted octanol–water partition coefficient (Wildman–Crippen LogP) is 2.90. The number of methoxy groups -OCH3 is 2. The van der Waals surface area contributed by atoms with Crippen molar-refractivity contribution in [2.24, 2.45) is 0 Å². The van der Waals surface area contributed by atoms with Crippen LogP contribution >= 0.6 is 0 Å². The smallest absolute Gasteiger partial charge is 0.165 e. The highest BCUT2D eigenvalue weighted by Crippen LogP contribution is 2.31. The number of nitrogens with zero attached hydrogens (tertiary/aromatic N) is 1. The van der Waals surface area contributed by atoms with Gasteiger partial charge in [0.05, 0.1) is 20.4 Å². The van der Waals surface area contributed by atoms with Crippen LogP contribution in [-0.2, 0) is 0 Å². The Labute approximate surface area is 98.8 Å². The fourth-order valence-electron chi connectivity index (χ4n) is 1.62. The SMILES string of the molecule is COc1ccc(-c2ccncc2OC)cc1F. The van der Waals surface area contributed by atoms with E-state index in [1.165, 1.54) is 13.2 Å². The zero-order chi connectivity index (χ0) is 12.3. The molecule has 0 saturated carbocycles. The van der Waals surface area contributed by atoms with Gasteiger partial charge in [0.1, 0.15) is 5.75 Å². The van der Waals surface area contributed by atoms with Crippen molar-refractivity contribution in [1.82, 2.24) is 4.98 Å². The number of hydrogen-bond acceptors (Lipinski definition) is 3. The van der Waals surface area contributed by atoms with Gasteiger partial charge in [0.25, 0.3) is 0 Å². The van der Waals surface area contributed by atoms with Crippen molar-refractivity contribution in [3.63, 3.8) is 0 Å². The molecule has 3 nitrogen and oxygen atoms in total. The molecule has 1 aromatic carbocycles. The van der Waals surface area contributed by atoms with Crippen molar-refractivity contribution in [3.8, 4) is 22.6 Å². The van der Waals surface area contributed by atoms with Crippen LogP contribution in [-0.4, -0.2) is 19.2 Å². The molecular weight excluding hydrogens is 221 g/mol. The molecule has 0 unspecified atom stereocenters.